The number of carboxylic acids is 1. The Kier molecular flexibility index (Phi) is 7.27. The van der Waals surface area contributed by atoms with Crippen molar-refractivity contribution in [2.24, 2.45) is 0 Å². The lowest BCUT2D eigenvalue weighted by Crippen LogP contribution is -2.35. The number of carbonyl (C=O) groups is 1. The maximum atomic E-state index is 11.6. The number of piperidine rings is 1. The third kappa shape index (κ3) is 5.57. The summed E-state index contributed by atoms with van der Waals surface area (Å²) in [5.74, 6) is 1.01. The number of fused-ring (bicyclic) bond motifs is 2. The highest BCUT2D eigenvalue weighted by Crippen LogP contribution is 2.30. The van der Waals surface area contributed by atoms with E-state index in [-0.39, 0.29) is 11.7 Å². The van der Waals surface area contributed by atoms with Gasteiger partial charge in [0.25, 0.3) is 0 Å². The number of pyridine rings is 2. The van der Waals surface area contributed by atoms with Crippen LogP contribution in [0.4, 0.5) is 0 Å². The number of rotatable bonds is 9. The Morgan fingerprint density at radius 3 is 2.60 bits per heavy atom. The standard InChI is InChI=1S/C33H33N5O4/c39-33(40)24-8-9-29-30(17-24)38(19-27-12-15-41-27)31(35-29)20-37-13-10-22(11-14-37)28-6-3-7-32(36-28)42-21-26-16-23-4-1-2-5-25(23)18-34-26/h1-9,16-18,22,27H,10-15,19-21H2,(H,39,40)/t27-/m0/s1. The normalized spacial score (nSPS) is 17.9. The molecule has 7 rings (SSSR count). The molecule has 0 unspecified atom stereocenters. The van der Waals surface area contributed by atoms with Crippen molar-refractivity contribution >= 4 is 27.8 Å². The maximum Gasteiger partial charge on any atom is 0.335 e. The van der Waals surface area contributed by atoms with Crippen molar-refractivity contribution < 1.29 is 19.4 Å². The van der Waals surface area contributed by atoms with Gasteiger partial charge in [-0.25, -0.2) is 14.8 Å². The molecule has 2 aliphatic rings. The van der Waals surface area contributed by atoms with E-state index in [0.717, 1.165) is 78.0 Å². The average Bonchev–Trinajstić information content (AvgIpc) is 3.34. The zero-order valence-electron chi connectivity index (χ0n) is 23.4. The minimum Gasteiger partial charge on any atom is -0.478 e. The van der Waals surface area contributed by atoms with Gasteiger partial charge in [0.05, 0.1) is 41.5 Å². The first-order valence-corrected chi connectivity index (χ1v) is 14.6. The first-order valence-electron chi connectivity index (χ1n) is 14.6. The van der Waals surface area contributed by atoms with Gasteiger partial charge < -0.3 is 19.1 Å². The zero-order chi connectivity index (χ0) is 28.5. The summed E-state index contributed by atoms with van der Waals surface area (Å²) in [6.45, 7) is 4.42. The summed E-state index contributed by atoms with van der Waals surface area (Å²) in [6, 6.07) is 21.4. The summed E-state index contributed by atoms with van der Waals surface area (Å²) in [4.78, 5) is 28.3. The Morgan fingerprint density at radius 2 is 1.81 bits per heavy atom. The van der Waals surface area contributed by atoms with Crippen LogP contribution in [0, 0.1) is 0 Å². The Labute approximate surface area is 243 Å². The van der Waals surface area contributed by atoms with Crippen molar-refractivity contribution in [1.29, 1.82) is 0 Å². The molecule has 0 aliphatic carbocycles. The molecule has 214 valence electrons. The van der Waals surface area contributed by atoms with Gasteiger partial charge in [-0.1, -0.05) is 30.3 Å². The molecule has 1 N–H and O–H groups in total. The van der Waals surface area contributed by atoms with Gasteiger partial charge in [-0.3, -0.25) is 9.88 Å². The van der Waals surface area contributed by atoms with E-state index in [9.17, 15) is 9.90 Å². The molecule has 2 aromatic carbocycles. The lowest BCUT2D eigenvalue weighted by Gasteiger charge is -2.32. The van der Waals surface area contributed by atoms with Crippen LogP contribution in [0.25, 0.3) is 21.8 Å². The Morgan fingerprint density at radius 1 is 0.976 bits per heavy atom. The van der Waals surface area contributed by atoms with Crippen molar-refractivity contribution in [3.8, 4) is 5.88 Å². The van der Waals surface area contributed by atoms with Crippen LogP contribution in [-0.2, 0) is 24.4 Å². The SMILES string of the molecule is O=C(O)c1ccc2nc(CN3CCC(c4cccc(OCc5cc6ccccc6cn5)n4)CC3)n(C[C@@H]3CCO3)c2c1. The zero-order valence-corrected chi connectivity index (χ0v) is 23.4. The smallest absolute Gasteiger partial charge is 0.335 e. The van der Waals surface area contributed by atoms with Gasteiger partial charge >= 0.3 is 5.97 Å². The Hall–Kier alpha value is -4.34. The first kappa shape index (κ1) is 26.6. The highest BCUT2D eigenvalue weighted by molar-refractivity contribution is 5.92. The molecule has 2 aliphatic heterocycles. The van der Waals surface area contributed by atoms with Crippen LogP contribution in [0.15, 0.2) is 72.9 Å². The molecule has 2 fully saturated rings. The minimum atomic E-state index is -0.929. The minimum absolute atomic E-state index is 0.151. The molecule has 3 aromatic heterocycles. The van der Waals surface area contributed by atoms with E-state index < -0.39 is 5.97 Å². The summed E-state index contributed by atoms with van der Waals surface area (Å²) >= 11 is 0. The van der Waals surface area contributed by atoms with Crippen molar-refractivity contribution in [3.05, 3.63) is 95.7 Å². The molecule has 0 saturated carbocycles. The third-order valence-electron chi connectivity index (χ3n) is 8.43. The topological polar surface area (TPSA) is 103 Å². The van der Waals surface area contributed by atoms with Gasteiger partial charge in [0.15, 0.2) is 0 Å². The third-order valence-corrected chi connectivity index (χ3v) is 8.43. The molecular weight excluding hydrogens is 530 g/mol. The van der Waals surface area contributed by atoms with E-state index >= 15 is 0 Å². The number of aromatic carboxylic acids is 1. The summed E-state index contributed by atoms with van der Waals surface area (Å²) in [5.41, 5.74) is 3.90. The molecule has 2 saturated heterocycles. The van der Waals surface area contributed by atoms with Crippen LogP contribution in [0.1, 0.15) is 52.8 Å². The predicted molar refractivity (Wildman–Crippen MR) is 159 cm³/mol. The fourth-order valence-electron chi connectivity index (χ4n) is 5.94. The summed E-state index contributed by atoms with van der Waals surface area (Å²) in [7, 11) is 0. The molecular formula is C33H33N5O4. The molecule has 1 atom stereocenters. The number of likely N-dealkylation sites (tertiary alicyclic amines) is 1. The van der Waals surface area contributed by atoms with Gasteiger partial charge in [0.1, 0.15) is 12.4 Å². The fraction of sp³-hybridized carbons (Fsp3) is 0.333. The van der Waals surface area contributed by atoms with E-state index in [1.165, 1.54) is 0 Å². The molecule has 42 heavy (non-hydrogen) atoms. The second-order valence-electron chi connectivity index (χ2n) is 11.2. The van der Waals surface area contributed by atoms with Crippen LogP contribution in [0.5, 0.6) is 5.88 Å². The fourth-order valence-corrected chi connectivity index (χ4v) is 5.94. The van der Waals surface area contributed by atoms with Gasteiger partial charge in [-0.2, -0.15) is 0 Å². The summed E-state index contributed by atoms with van der Waals surface area (Å²) in [5, 5.41) is 11.8. The summed E-state index contributed by atoms with van der Waals surface area (Å²) < 4.78 is 13.9. The van der Waals surface area contributed by atoms with E-state index in [4.69, 9.17) is 19.4 Å². The number of imidazole rings is 1. The van der Waals surface area contributed by atoms with Crippen molar-refractivity contribution in [2.45, 2.75) is 51.0 Å². The van der Waals surface area contributed by atoms with Gasteiger partial charge in [-0.05, 0) is 68.1 Å². The number of hydrogen-bond acceptors (Lipinski definition) is 7. The van der Waals surface area contributed by atoms with Crippen LogP contribution in [0.2, 0.25) is 0 Å². The molecule has 0 amide bonds. The quantitative estimate of drug-likeness (QED) is 0.254. The second kappa shape index (κ2) is 11.5. The van der Waals surface area contributed by atoms with Gasteiger partial charge in [0.2, 0.25) is 5.88 Å². The van der Waals surface area contributed by atoms with Crippen LogP contribution in [-0.4, -0.2) is 61.3 Å². The van der Waals surface area contributed by atoms with Gasteiger partial charge in [0, 0.05) is 35.9 Å². The number of benzene rings is 2. The monoisotopic (exact) mass is 563 g/mol. The molecule has 9 heteroatoms. The number of nitrogens with zero attached hydrogens (tertiary/aromatic N) is 5. The number of carboxylic acid groups (broad SMARTS) is 1. The highest BCUT2D eigenvalue weighted by Gasteiger charge is 2.26. The lowest BCUT2D eigenvalue weighted by atomic mass is 9.93. The lowest BCUT2D eigenvalue weighted by molar-refractivity contribution is -0.0592. The van der Waals surface area contributed by atoms with Crippen LogP contribution < -0.4 is 4.74 Å². The number of aromatic nitrogens is 4. The van der Waals surface area contributed by atoms with Gasteiger partial charge in [-0.15, -0.1) is 0 Å². The van der Waals surface area contributed by atoms with E-state index in [0.29, 0.717) is 31.5 Å². The highest BCUT2D eigenvalue weighted by atomic mass is 16.5. The Bertz CT molecular complexity index is 1740. The van der Waals surface area contributed by atoms with Crippen LogP contribution in [0.3, 0.4) is 0 Å². The largest absolute Gasteiger partial charge is 0.478 e. The predicted octanol–water partition coefficient (Wildman–Crippen LogP) is 5.43. The van der Waals surface area contributed by atoms with Crippen molar-refractivity contribution in [3.63, 3.8) is 0 Å². The maximum absolute atomic E-state index is 11.6. The van der Waals surface area contributed by atoms with E-state index in [1.54, 1.807) is 12.1 Å². The molecule has 5 aromatic rings. The first-order chi connectivity index (χ1) is 20.6. The van der Waals surface area contributed by atoms with E-state index in [1.807, 2.05) is 36.5 Å². The van der Waals surface area contributed by atoms with E-state index in [2.05, 4.69) is 38.7 Å². The average molecular weight is 564 g/mol. The Balaban J connectivity index is 1.000. The van der Waals surface area contributed by atoms with Crippen LogP contribution >= 0.6 is 0 Å². The number of hydrogen-bond donors (Lipinski definition) is 1. The molecule has 0 spiro atoms. The molecule has 5 heterocycles. The number of ether oxygens (including phenoxy) is 2. The molecule has 0 radical (unpaired) electrons. The van der Waals surface area contributed by atoms with Crippen molar-refractivity contribution in [1.82, 2.24) is 24.4 Å². The molecule has 0 bridgehead atoms. The summed E-state index contributed by atoms with van der Waals surface area (Å²) in [6.07, 6.45) is 5.04. The second-order valence-corrected chi connectivity index (χ2v) is 11.2. The molecule has 9 nitrogen and oxygen atoms in total. The van der Waals surface area contributed by atoms with Crippen molar-refractivity contribution in [2.75, 3.05) is 19.7 Å².